The molecule has 1 aliphatic heterocycles. The predicted octanol–water partition coefficient (Wildman–Crippen LogP) is 4.06. The van der Waals surface area contributed by atoms with Gasteiger partial charge in [0, 0.05) is 0 Å². The molecule has 4 aromatic rings. The number of ether oxygens (including phenoxy) is 1. The number of ketones is 1. The van der Waals surface area contributed by atoms with Crippen molar-refractivity contribution in [2.75, 3.05) is 0 Å². The van der Waals surface area contributed by atoms with Gasteiger partial charge in [-0.15, -0.1) is 0 Å². The van der Waals surface area contributed by atoms with Crippen molar-refractivity contribution < 1.29 is 9.53 Å². The highest BCUT2D eigenvalue weighted by molar-refractivity contribution is 6.28. The quantitative estimate of drug-likeness (QED) is 0.531. The molecule has 3 aromatic carbocycles. The third-order valence-corrected chi connectivity index (χ3v) is 6.23. The molecule has 146 valence electrons. The number of carbonyl (C=O) groups excluding carboxylic acids is 1. The van der Waals surface area contributed by atoms with Crippen LogP contribution < -0.4 is 15.2 Å². The number of hydrogen-bond donors (Lipinski definition) is 1. The van der Waals surface area contributed by atoms with Crippen LogP contribution in [0.1, 0.15) is 41.3 Å². The van der Waals surface area contributed by atoms with Crippen molar-refractivity contribution in [2.45, 2.75) is 25.4 Å². The van der Waals surface area contributed by atoms with E-state index < -0.39 is 6.10 Å². The third kappa shape index (κ3) is 2.61. The summed E-state index contributed by atoms with van der Waals surface area (Å²) in [6, 6.07) is 22.1. The molecule has 2 heterocycles. The van der Waals surface area contributed by atoms with Gasteiger partial charge in [-0.2, -0.15) is 5.10 Å². The Morgan fingerprint density at radius 1 is 0.900 bits per heavy atom. The zero-order chi connectivity index (χ0) is 20.1. The van der Waals surface area contributed by atoms with Gasteiger partial charge in [-0.05, 0) is 47.4 Å². The zero-order valence-corrected chi connectivity index (χ0v) is 16.4. The Bertz CT molecular complexity index is 1390. The molecular weight excluding hydrogens is 372 g/mol. The molecule has 1 aliphatic carbocycles. The Morgan fingerprint density at radius 2 is 1.67 bits per heavy atom. The molecule has 2 aliphatic rings. The average molecular weight is 392 g/mol. The predicted molar refractivity (Wildman–Crippen MR) is 117 cm³/mol. The maximum Gasteiger partial charge on any atom is 0.197 e. The summed E-state index contributed by atoms with van der Waals surface area (Å²) in [5.74, 6) is 0.614. The lowest BCUT2D eigenvalue weighted by atomic mass is 9.87. The molecule has 0 spiro atoms. The molecule has 1 N–H and O–H groups in total. The number of H-pyrrole nitrogens is 1. The minimum Gasteiger partial charge on any atom is -0.479 e. The van der Waals surface area contributed by atoms with Crippen molar-refractivity contribution in [3.05, 3.63) is 94.5 Å². The van der Waals surface area contributed by atoms with Crippen molar-refractivity contribution in [3.8, 4) is 5.75 Å². The van der Waals surface area contributed by atoms with Gasteiger partial charge in [-0.1, -0.05) is 60.2 Å². The zero-order valence-electron chi connectivity index (χ0n) is 16.4. The molecule has 1 saturated carbocycles. The number of nitrogens with one attached hydrogen (secondary N) is 1. The lowest BCUT2D eigenvalue weighted by molar-refractivity contribution is 0.101. The number of rotatable bonds is 1. The van der Waals surface area contributed by atoms with Crippen molar-refractivity contribution in [3.63, 3.8) is 0 Å². The average Bonchev–Trinajstić information content (AvgIpc) is 3.23. The SMILES string of the molecule is O=C1C(=c2ccc(=C3CCC3)cc2)C(c2ccccc2)Oc2c1ccc1[nH]ncc21. The summed E-state index contributed by atoms with van der Waals surface area (Å²) >= 11 is 0. The van der Waals surface area contributed by atoms with Crippen LogP contribution in [-0.2, 0) is 0 Å². The molecule has 1 fully saturated rings. The van der Waals surface area contributed by atoms with Crippen LogP contribution in [0.3, 0.4) is 0 Å². The first-order valence-electron chi connectivity index (χ1n) is 10.3. The summed E-state index contributed by atoms with van der Waals surface area (Å²) in [7, 11) is 0. The Labute approximate surface area is 173 Å². The van der Waals surface area contributed by atoms with Crippen LogP contribution in [-0.4, -0.2) is 16.0 Å². The summed E-state index contributed by atoms with van der Waals surface area (Å²) in [5, 5.41) is 10.1. The fourth-order valence-electron chi connectivity index (χ4n) is 4.41. The molecule has 0 saturated heterocycles. The topological polar surface area (TPSA) is 55.0 Å². The van der Waals surface area contributed by atoms with Gasteiger partial charge >= 0.3 is 0 Å². The maximum atomic E-state index is 13.7. The van der Waals surface area contributed by atoms with Crippen molar-refractivity contribution in [2.24, 2.45) is 0 Å². The van der Waals surface area contributed by atoms with Gasteiger partial charge in [0.2, 0.25) is 0 Å². The van der Waals surface area contributed by atoms with Crippen LogP contribution in [0.2, 0.25) is 0 Å². The molecule has 6 rings (SSSR count). The Hall–Kier alpha value is -3.66. The van der Waals surface area contributed by atoms with Gasteiger partial charge in [0.05, 0.1) is 28.2 Å². The molecule has 0 bridgehead atoms. The maximum absolute atomic E-state index is 13.7. The van der Waals surface area contributed by atoms with Crippen LogP contribution in [0.15, 0.2) is 72.9 Å². The van der Waals surface area contributed by atoms with Gasteiger partial charge in [-0.3, -0.25) is 9.89 Å². The second kappa shape index (κ2) is 6.70. The largest absolute Gasteiger partial charge is 0.479 e. The highest BCUT2D eigenvalue weighted by Crippen LogP contribution is 2.42. The number of aromatic nitrogens is 2. The fourth-order valence-corrected chi connectivity index (χ4v) is 4.41. The van der Waals surface area contributed by atoms with Crippen molar-refractivity contribution in [1.82, 2.24) is 10.2 Å². The number of carbonyl (C=O) groups is 1. The standard InChI is InChI=1S/C26H20N2O2/c29-24-20-13-14-22-21(15-27-28-22)26(20)30-25(19-5-2-1-3-6-19)23(24)18-11-9-17(10-12-18)16-7-4-8-16/h1-3,5-6,9-15,25H,4,7-8H2,(H,27,28). The van der Waals surface area contributed by atoms with Crippen LogP contribution in [0.25, 0.3) is 22.0 Å². The highest BCUT2D eigenvalue weighted by Gasteiger charge is 2.34. The van der Waals surface area contributed by atoms with Gasteiger partial charge in [0.15, 0.2) is 11.9 Å². The molecule has 1 aromatic heterocycles. The van der Waals surface area contributed by atoms with E-state index >= 15 is 0 Å². The summed E-state index contributed by atoms with van der Waals surface area (Å²) in [6.07, 6.45) is 4.89. The minimum atomic E-state index is -0.464. The van der Waals surface area contributed by atoms with E-state index in [9.17, 15) is 4.79 Å². The summed E-state index contributed by atoms with van der Waals surface area (Å²) < 4.78 is 6.51. The molecule has 4 nitrogen and oxygen atoms in total. The molecule has 4 heteroatoms. The van der Waals surface area contributed by atoms with E-state index in [4.69, 9.17) is 4.74 Å². The number of fused-ring (bicyclic) bond motifs is 3. The Balaban J connectivity index is 1.60. The van der Waals surface area contributed by atoms with Gasteiger partial charge in [0.1, 0.15) is 5.75 Å². The molecule has 1 atom stereocenters. The molecule has 0 amide bonds. The van der Waals surface area contributed by atoms with Crippen molar-refractivity contribution in [1.29, 1.82) is 0 Å². The third-order valence-electron chi connectivity index (χ3n) is 6.23. The second-order valence-electron chi connectivity index (χ2n) is 7.96. The van der Waals surface area contributed by atoms with Crippen molar-refractivity contribution >= 4 is 27.8 Å². The lowest BCUT2D eigenvalue weighted by Gasteiger charge is -2.28. The Morgan fingerprint density at radius 3 is 2.40 bits per heavy atom. The number of Topliss-reactive ketones (excluding diaryl/α,β-unsaturated/α-hetero) is 1. The van der Waals surface area contributed by atoms with E-state index in [2.05, 4.69) is 34.5 Å². The number of nitrogens with zero attached hydrogens (tertiary/aromatic N) is 1. The summed E-state index contributed by atoms with van der Waals surface area (Å²) in [4.78, 5) is 13.7. The molecular formula is C26H20N2O2. The smallest absolute Gasteiger partial charge is 0.197 e. The second-order valence-corrected chi connectivity index (χ2v) is 7.96. The first kappa shape index (κ1) is 17.2. The van der Waals surface area contributed by atoms with E-state index in [1.165, 1.54) is 30.1 Å². The first-order valence-corrected chi connectivity index (χ1v) is 10.3. The monoisotopic (exact) mass is 392 g/mol. The molecule has 30 heavy (non-hydrogen) atoms. The van der Waals surface area contributed by atoms with Gasteiger partial charge in [0.25, 0.3) is 0 Å². The molecule has 1 unspecified atom stereocenters. The van der Waals surface area contributed by atoms with E-state index in [0.717, 1.165) is 21.7 Å². The van der Waals surface area contributed by atoms with E-state index in [-0.39, 0.29) is 5.78 Å². The number of hydrogen-bond acceptors (Lipinski definition) is 3. The van der Waals surface area contributed by atoms with Crippen LogP contribution in [0, 0.1) is 0 Å². The normalized spacial score (nSPS) is 18.1. The minimum absolute atomic E-state index is 0.0113. The van der Waals surface area contributed by atoms with Gasteiger partial charge in [-0.25, -0.2) is 0 Å². The summed E-state index contributed by atoms with van der Waals surface area (Å²) in [6.45, 7) is 0. The van der Waals surface area contributed by atoms with Gasteiger partial charge < -0.3 is 4.74 Å². The van der Waals surface area contributed by atoms with Crippen LogP contribution in [0.4, 0.5) is 0 Å². The van der Waals surface area contributed by atoms with E-state index in [0.29, 0.717) is 16.9 Å². The van der Waals surface area contributed by atoms with Crippen LogP contribution in [0.5, 0.6) is 5.75 Å². The van der Waals surface area contributed by atoms with E-state index in [1.54, 1.807) is 6.20 Å². The Kier molecular flexibility index (Phi) is 3.85. The highest BCUT2D eigenvalue weighted by atomic mass is 16.5. The summed E-state index contributed by atoms with van der Waals surface area (Å²) in [5.41, 5.74) is 4.60. The first-order chi connectivity index (χ1) is 14.8. The van der Waals surface area contributed by atoms with Crippen LogP contribution >= 0.6 is 0 Å². The van der Waals surface area contributed by atoms with E-state index in [1.807, 2.05) is 42.5 Å². The number of benzene rings is 3. The fraction of sp³-hybridized carbons (Fsp3) is 0.154. The number of aromatic amines is 1. The lowest BCUT2D eigenvalue weighted by Crippen LogP contribution is -2.29. The molecule has 0 radical (unpaired) electrons.